The van der Waals surface area contributed by atoms with Crippen LogP contribution in [0.5, 0.6) is 5.75 Å². The lowest BCUT2D eigenvalue weighted by atomic mass is 9.75. The molecule has 1 aliphatic rings. The Hall–Kier alpha value is -1.35. The summed E-state index contributed by atoms with van der Waals surface area (Å²) in [6.07, 6.45) is 0. The Morgan fingerprint density at radius 2 is 2.00 bits per heavy atom. The number of carbonyl (C=O) groups excluding carboxylic acids is 1. The lowest BCUT2D eigenvalue weighted by Crippen LogP contribution is -2.52. The monoisotopic (exact) mass is 220 g/mol. The summed E-state index contributed by atoms with van der Waals surface area (Å²) in [6.45, 7) is 5.22. The fraction of sp³-hybridized carbons (Fsp3) is 0.462. The maximum absolute atomic E-state index is 11.6. The molecule has 1 aromatic carbocycles. The SMILES string of the molecule is CCOc1ccc(C2(C(C)=O)COC2)cc1. The molecule has 1 heterocycles. The first-order valence-electron chi connectivity index (χ1n) is 5.51. The number of ketones is 1. The zero-order valence-corrected chi connectivity index (χ0v) is 9.66. The Labute approximate surface area is 95.4 Å². The van der Waals surface area contributed by atoms with E-state index in [0.717, 1.165) is 11.3 Å². The van der Waals surface area contributed by atoms with E-state index in [4.69, 9.17) is 9.47 Å². The van der Waals surface area contributed by atoms with E-state index in [1.165, 1.54) is 0 Å². The van der Waals surface area contributed by atoms with Crippen LogP contribution in [0.4, 0.5) is 0 Å². The number of hydrogen-bond acceptors (Lipinski definition) is 3. The van der Waals surface area contributed by atoms with Crippen LogP contribution in [-0.2, 0) is 14.9 Å². The summed E-state index contributed by atoms with van der Waals surface area (Å²) in [5.74, 6) is 1.01. The van der Waals surface area contributed by atoms with Crippen molar-refractivity contribution in [2.45, 2.75) is 19.3 Å². The Morgan fingerprint density at radius 3 is 2.38 bits per heavy atom. The summed E-state index contributed by atoms with van der Waals surface area (Å²) in [6, 6.07) is 7.72. The minimum Gasteiger partial charge on any atom is -0.494 e. The lowest BCUT2D eigenvalue weighted by molar-refractivity contribution is -0.140. The van der Waals surface area contributed by atoms with Gasteiger partial charge in [-0.05, 0) is 31.5 Å². The molecule has 0 unspecified atom stereocenters. The van der Waals surface area contributed by atoms with Gasteiger partial charge in [0.2, 0.25) is 0 Å². The molecule has 1 aromatic rings. The van der Waals surface area contributed by atoms with Crippen LogP contribution in [0.15, 0.2) is 24.3 Å². The van der Waals surface area contributed by atoms with Crippen LogP contribution in [0.2, 0.25) is 0 Å². The van der Waals surface area contributed by atoms with E-state index in [0.29, 0.717) is 19.8 Å². The lowest BCUT2D eigenvalue weighted by Gasteiger charge is -2.39. The molecule has 86 valence electrons. The molecule has 0 radical (unpaired) electrons. The van der Waals surface area contributed by atoms with Gasteiger partial charge < -0.3 is 9.47 Å². The number of ether oxygens (including phenoxy) is 2. The molecule has 0 saturated carbocycles. The van der Waals surface area contributed by atoms with Crippen molar-refractivity contribution in [1.82, 2.24) is 0 Å². The van der Waals surface area contributed by atoms with E-state index in [1.807, 2.05) is 31.2 Å². The van der Waals surface area contributed by atoms with Crippen molar-refractivity contribution in [3.8, 4) is 5.75 Å². The van der Waals surface area contributed by atoms with Crippen LogP contribution in [0.3, 0.4) is 0 Å². The number of rotatable bonds is 4. The number of carbonyl (C=O) groups is 1. The van der Waals surface area contributed by atoms with E-state index in [9.17, 15) is 4.79 Å². The summed E-state index contributed by atoms with van der Waals surface area (Å²) in [4.78, 5) is 11.6. The summed E-state index contributed by atoms with van der Waals surface area (Å²) < 4.78 is 10.5. The van der Waals surface area contributed by atoms with E-state index in [-0.39, 0.29) is 5.78 Å². The highest BCUT2D eigenvalue weighted by Crippen LogP contribution is 2.34. The van der Waals surface area contributed by atoms with E-state index >= 15 is 0 Å². The maximum Gasteiger partial charge on any atom is 0.145 e. The van der Waals surface area contributed by atoms with Gasteiger partial charge in [-0.25, -0.2) is 0 Å². The normalized spacial score (nSPS) is 17.6. The predicted octanol–water partition coefficient (Wildman–Crippen LogP) is 1.94. The summed E-state index contributed by atoms with van der Waals surface area (Å²) in [7, 11) is 0. The van der Waals surface area contributed by atoms with Crippen LogP contribution in [0, 0.1) is 0 Å². The Morgan fingerprint density at radius 1 is 1.38 bits per heavy atom. The van der Waals surface area contributed by atoms with Crippen LogP contribution < -0.4 is 4.74 Å². The topological polar surface area (TPSA) is 35.5 Å². The molecule has 3 heteroatoms. The van der Waals surface area contributed by atoms with Crippen molar-refractivity contribution in [2.24, 2.45) is 0 Å². The highest BCUT2D eigenvalue weighted by Gasteiger charge is 2.44. The highest BCUT2D eigenvalue weighted by atomic mass is 16.5. The van der Waals surface area contributed by atoms with Gasteiger partial charge in [-0.15, -0.1) is 0 Å². The standard InChI is InChI=1S/C13H16O3/c1-3-16-12-6-4-11(5-7-12)13(10(2)14)8-15-9-13/h4-7H,3,8-9H2,1-2H3. The molecule has 0 aliphatic carbocycles. The van der Waals surface area contributed by atoms with Crippen molar-refractivity contribution < 1.29 is 14.3 Å². The van der Waals surface area contributed by atoms with Gasteiger partial charge in [-0.1, -0.05) is 12.1 Å². The first kappa shape index (κ1) is 11.1. The second-order valence-electron chi connectivity index (χ2n) is 4.09. The van der Waals surface area contributed by atoms with E-state index in [1.54, 1.807) is 6.92 Å². The molecule has 1 aliphatic heterocycles. The van der Waals surface area contributed by atoms with Crippen molar-refractivity contribution in [1.29, 1.82) is 0 Å². The summed E-state index contributed by atoms with van der Waals surface area (Å²) >= 11 is 0. The van der Waals surface area contributed by atoms with E-state index in [2.05, 4.69) is 0 Å². The van der Waals surface area contributed by atoms with Gasteiger partial charge in [-0.2, -0.15) is 0 Å². The third kappa shape index (κ3) is 1.71. The second kappa shape index (κ2) is 4.26. The third-order valence-electron chi connectivity index (χ3n) is 3.09. The van der Waals surface area contributed by atoms with Gasteiger partial charge >= 0.3 is 0 Å². The molecule has 1 saturated heterocycles. The fourth-order valence-corrected chi connectivity index (χ4v) is 1.92. The molecule has 0 aromatic heterocycles. The minimum absolute atomic E-state index is 0.169. The average Bonchev–Trinajstić information content (AvgIpc) is 2.18. The number of hydrogen-bond donors (Lipinski definition) is 0. The first-order chi connectivity index (χ1) is 7.69. The molecule has 0 bridgehead atoms. The van der Waals surface area contributed by atoms with Crippen LogP contribution in [-0.4, -0.2) is 25.6 Å². The maximum atomic E-state index is 11.6. The molecule has 2 rings (SSSR count). The summed E-state index contributed by atoms with van der Waals surface area (Å²) in [5.41, 5.74) is 0.611. The number of benzene rings is 1. The van der Waals surface area contributed by atoms with Crippen molar-refractivity contribution >= 4 is 5.78 Å². The Kier molecular flexibility index (Phi) is 2.97. The largest absolute Gasteiger partial charge is 0.494 e. The smallest absolute Gasteiger partial charge is 0.145 e. The molecule has 3 nitrogen and oxygen atoms in total. The van der Waals surface area contributed by atoms with Gasteiger partial charge in [0.15, 0.2) is 0 Å². The highest BCUT2D eigenvalue weighted by molar-refractivity contribution is 5.89. The van der Waals surface area contributed by atoms with Gasteiger partial charge in [0.1, 0.15) is 16.9 Å². The summed E-state index contributed by atoms with van der Waals surface area (Å²) in [5, 5.41) is 0. The molecule has 0 N–H and O–H groups in total. The van der Waals surface area contributed by atoms with E-state index < -0.39 is 5.41 Å². The zero-order valence-electron chi connectivity index (χ0n) is 9.66. The average molecular weight is 220 g/mol. The Bertz CT molecular complexity index is 377. The van der Waals surface area contributed by atoms with Gasteiger partial charge in [0.25, 0.3) is 0 Å². The first-order valence-corrected chi connectivity index (χ1v) is 5.51. The van der Waals surface area contributed by atoms with Crippen LogP contribution in [0.25, 0.3) is 0 Å². The minimum atomic E-state index is -0.412. The molecule has 16 heavy (non-hydrogen) atoms. The van der Waals surface area contributed by atoms with Gasteiger partial charge in [0.05, 0.1) is 19.8 Å². The molecule has 0 spiro atoms. The van der Waals surface area contributed by atoms with Gasteiger partial charge in [-0.3, -0.25) is 4.79 Å². The van der Waals surface area contributed by atoms with Crippen LogP contribution in [0.1, 0.15) is 19.4 Å². The van der Waals surface area contributed by atoms with Gasteiger partial charge in [0, 0.05) is 0 Å². The van der Waals surface area contributed by atoms with Crippen molar-refractivity contribution in [3.05, 3.63) is 29.8 Å². The van der Waals surface area contributed by atoms with Crippen molar-refractivity contribution in [2.75, 3.05) is 19.8 Å². The Balaban J connectivity index is 2.23. The number of Topliss-reactive ketones (excluding diaryl/α,β-unsaturated/α-hetero) is 1. The molecule has 1 fully saturated rings. The molecular formula is C13H16O3. The van der Waals surface area contributed by atoms with Crippen molar-refractivity contribution in [3.63, 3.8) is 0 Å². The third-order valence-corrected chi connectivity index (χ3v) is 3.09. The molecule has 0 amide bonds. The molecule has 0 atom stereocenters. The molecular weight excluding hydrogens is 204 g/mol. The quantitative estimate of drug-likeness (QED) is 0.778. The second-order valence-corrected chi connectivity index (χ2v) is 4.09. The zero-order chi connectivity index (χ0) is 11.6. The fourth-order valence-electron chi connectivity index (χ4n) is 1.92. The van der Waals surface area contributed by atoms with Crippen LogP contribution >= 0.6 is 0 Å². The predicted molar refractivity (Wildman–Crippen MR) is 60.8 cm³/mol.